The zero-order chi connectivity index (χ0) is 51.9. The quantitative estimate of drug-likeness (QED) is 0.0868. The van der Waals surface area contributed by atoms with E-state index in [1.165, 1.54) is 4.90 Å². The minimum Gasteiger partial charge on any atom is -0.489 e. The lowest BCUT2D eigenvalue weighted by Gasteiger charge is -2.63. The molecule has 72 heavy (non-hydrogen) atoms. The van der Waals surface area contributed by atoms with Gasteiger partial charge >= 0.3 is 0 Å². The Labute approximate surface area is 431 Å². The number of aliphatic hydroxyl groups is 1. The van der Waals surface area contributed by atoms with E-state index in [4.69, 9.17) is 26.1 Å². The number of pyridine rings is 1. The molecule has 0 radical (unpaired) electrons. The highest BCUT2D eigenvalue weighted by Crippen LogP contribution is 2.55. The summed E-state index contributed by atoms with van der Waals surface area (Å²) >= 11 is 7.85. The lowest BCUT2D eigenvalue weighted by molar-refractivity contribution is -0.164. The second kappa shape index (κ2) is 21.1. The van der Waals surface area contributed by atoms with Crippen LogP contribution in [0.15, 0.2) is 66.3 Å². The summed E-state index contributed by atoms with van der Waals surface area (Å²) in [6.07, 6.45) is 2.68. The number of piperazine rings is 1. The smallest absolute Gasteiger partial charge is 0.253 e. The molecule has 2 bridgehead atoms. The zero-order valence-corrected chi connectivity index (χ0v) is 44.3. The molecule has 3 saturated heterocycles. The number of nitrogens with one attached hydrogen (secondary N) is 3. The highest BCUT2D eigenvalue weighted by Gasteiger charge is 2.64. The molecule has 2 aromatic carbocycles. The molecule has 4 aromatic rings. The third-order valence-corrected chi connectivity index (χ3v) is 16.5. The summed E-state index contributed by atoms with van der Waals surface area (Å²) < 4.78 is 12.3. The number of carbonyl (C=O) groups excluding carboxylic acids is 4. The minimum absolute atomic E-state index is 0.0167. The number of nitrogens with zero attached hydrogens (tertiary/aromatic N) is 6. The predicted molar refractivity (Wildman–Crippen MR) is 277 cm³/mol. The summed E-state index contributed by atoms with van der Waals surface area (Å²) in [4.78, 5) is 71.2. The number of anilines is 1. The summed E-state index contributed by atoms with van der Waals surface area (Å²) in [6.45, 7) is 20.0. The molecule has 18 heteroatoms. The van der Waals surface area contributed by atoms with E-state index in [0.717, 1.165) is 53.4 Å². The van der Waals surface area contributed by atoms with Crippen molar-refractivity contribution < 1.29 is 33.8 Å². The van der Waals surface area contributed by atoms with Crippen LogP contribution in [0.3, 0.4) is 0 Å². The highest BCUT2D eigenvalue weighted by molar-refractivity contribution is 7.13. The van der Waals surface area contributed by atoms with Crippen LogP contribution in [0, 0.1) is 34.5 Å². The lowest BCUT2D eigenvalue weighted by Crippen LogP contribution is -2.74. The summed E-state index contributed by atoms with van der Waals surface area (Å²) in [5.74, 6) is -0.0470. The maximum atomic E-state index is 14.2. The van der Waals surface area contributed by atoms with Crippen molar-refractivity contribution in [3.8, 4) is 22.3 Å². The van der Waals surface area contributed by atoms with Crippen LogP contribution in [0.4, 0.5) is 5.82 Å². The van der Waals surface area contributed by atoms with Crippen molar-refractivity contribution in [1.82, 2.24) is 35.7 Å². The topological polar surface area (TPSA) is 202 Å². The Hall–Kier alpha value is -5.64. The molecule has 4 amide bonds. The van der Waals surface area contributed by atoms with Gasteiger partial charge in [0.1, 0.15) is 42.4 Å². The third kappa shape index (κ3) is 11.0. The van der Waals surface area contributed by atoms with Crippen LogP contribution < -0.4 is 25.6 Å². The number of rotatable bonds is 16. The highest BCUT2D eigenvalue weighted by atomic mass is 35.5. The van der Waals surface area contributed by atoms with Crippen molar-refractivity contribution in [3.63, 3.8) is 0 Å². The first-order chi connectivity index (χ1) is 34.1. The van der Waals surface area contributed by atoms with Crippen molar-refractivity contribution in [2.45, 2.75) is 130 Å². The van der Waals surface area contributed by atoms with Gasteiger partial charge in [0, 0.05) is 73.8 Å². The first kappa shape index (κ1) is 52.7. The summed E-state index contributed by atoms with van der Waals surface area (Å²) in [7, 11) is 0. The number of hydrogen-bond donors (Lipinski definition) is 4. The van der Waals surface area contributed by atoms with Crippen LogP contribution in [-0.4, -0.2) is 130 Å². The Bertz CT molecular complexity index is 2650. The van der Waals surface area contributed by atoms with Gasteiger partial charge in [0.05, 0.1) is 51.0 Å². The molecule has 3 aliphatic heterocycles. The molecule has 5 heterocycles. The minimum atomic E-state index is -0.965. The summed E-state index contributed by atoms with van der Waals surface area (Å²) in [6, 6.07) is 16.9. The van der Waals surface area contributed by atoms with Crippen LogP contribution in [0.25, 0.3) is 10.4 Å². The Morgan fingerprint density at radius 2 is 1.67 bits per heavy atom. The fourth-order valence-electron chi connectivity index (χ4n) is 11.6. The molecule has 4 fully saturated rings. The zero-order valence-electron chi connectivity index (χ0n) is 42.7. The first-order valence-corrected chi connectivity index (χ1v) is 26.1. The van der Waals surface area contributed by atoms with Gasteiger partial charge in [0.15, 0.2) is 0 Å². The largest absolute Gasteiger partial charge is 0.489 e. The van der Waals surface area contributed by atoms with Crippen molar-refractivity contribution >= 4 is 52.4 Å². The number of hydrogen-bond acceptors (Lipinski definition) is 13. The van der Waals surface area contributed by atoms with Gasteiger partial charge < -0.3 is 40.3 Å². The monoisotopic (exact) mass is 1020 g/mol. The van der Waals surface area contributed by atoms with Crippen molar-refractivity contribution in [2.24, 2.45) is 16.2 Å². The van der Waals surface area contributed by atoms with E-state index in [1.807, 2.05) is 76.5 Å². The first-order valence-electron chi connectivity index (χ1n) is 24.9. The predicted octanol–water partition coefficient (Wildman–Crippen LogP) is 6.69. The number of halogens is 1. The molecule has 4 aliphatic rings. The van der Waals surface area contributed by atoms with Crippen LogP contribution in [-0.2, 0) is 19.1 Å². The number of ether oxygens (including phenoxy) is 2. The summed E-state index contributed by atoms with van der Waals surface area (Å²) in [5.41, 5.74) is 4.08. The maximum absolute atomic E-state index is 14.2. The molecule has 6 atom stereocenters. The number of aryl methyl sites for hydroxylation is 1. The van der Waals surface area contributed by atoms with E-state index in [9.17, 15) is 29.5 Å². The average molecular weight is 1020 g/mol. The average Bonchev–Trinajstić information content (AvgIpc) is 4.02. The number of benzene rings is 2. The summed E-state index contributed by atoms with van der Waals surface area (Å²) in [5, 5.41) is 29.5. The van der Waals surface area contributed by atoms with Gasteiger partial charge in [0.2, 0.25) is 17.7 Å². The molecule has 8 rings (SSSR count). The molecule has 0 spiro atoms. The van der Waals surface area contributed by atoms with Crippen molar-refractivity contribution in [2.75, 3.05) is 44.3 Å². The van der Waals surface area contributed by atoms with Crippen LogP contribution in [0.2, 0.25) is 5.02 Å². The number of β-amino-alcohol motifs (C(OH)–C–C–N with tert-alkyl or cyclic N) is 1. The van der Waals surface area contributed by atoms with Gasteiger partial charge in [-0.15, -0.1) is 11.3 Å². The van der Waals surface area contributed by atoms with Gasteiger partial charge in [-0.2, -0.15) is 5.26 Å². The molecule has 1 aliphatic carbocycles. The van der Waals surface area contributed by atoms with Crippen molar-refractivity contribution in [1.29, 1.82) is 5.26 Å². The van der Waals surface area contributed by atoms with Gasteiger partial charge in [0.25, 0.3) is 5.91 Å². The fraction of sp³-hybridized carbons (Fsp3) is 0.537. The van der Waals surface area contributed by atoms with Crippen molar-refractivity contribution in [3.05, 3.63) is 93.7 Å². The number of fused-ring (bicyclic) bond motifs is 2. The van der Waals surface area contributed by atoms with Gasteiger partial charge in [-0.1, -0.05) is 84.3 Å². The molecular weight excluding hydrogens is 954 g/mol. The number of aromatic nitrogens is 2. The maximum Gasteiger partial charge on any atom is 0.253 e. The van der Waals surface area contributed by atoms with E-state index < -0.39 is 46.2 Å². The SMILES string of the molecule is Cc1ncsc1-c1ccc([C@H](C)NC(=O)[C@@H]2C[C@@H](O)CN2C(=O)[C@@H](NC(=O)COCCN2[C@H]3CC[C@H]2CN(c2ccc(C(=O)N[C@H]4C(C)(C)[C@H](Oc5ccc(C#N)c(Cl)c5)C4(C)C)cn2)C3)C(C)(C)C)cc1. The van der Waals surface area contributed by atoms with Crippen LogP contribution in [0.1, 0.15) is 108 Å². The van der Waals surface area contributed by atoms with Crippen LogP contribution in [0.5, 0.6) is 5.75 Å². The number of likely N-dealkylation sites (tertiary alicyclic amines) is 1. The Kier molecular flexibility index (Phi) is 15.4. The molecule has 384 valence electrons. The number of thiazole rings is 1. The fourth-order valence-corrected chi connectivity index (χ4v) is 12.6. The van der Waals surface area contributed by atoms with Crippen LogP contribution >= 0.6 is 22.9 Å². The molecule has 0 unspecified atom stereocenters. The Balaban J connectivity index is 0.786. The second-order valence-electron chi connectivity index (χ2n) is 22.2. The standard InChI is InChI=1S/C54H68ClN9O7S/c1-31(33-10-12-34(13-11-33)45-32(2)58-30-72-45)59-48(68)42-22-39(65)28-64(42)49(69)46(52(3,4)5)60-44(66)29-70-21-20-63-37-16-17-38(63)27-62(26-37)43-19-15-36(25-57-43)47(67)61-50-53(6,7)51(54(50,8)9)71-40-18-14-35(24-56)41(55)23-40/h10-15,18-19,23,25,30-31,37-39,42,46,50-51,65H,16-17,20-22,26-29H2,1-9H3,(H,59,68)(H,60,66)(H,61,67)/t31-,37-,38-,39+,42-,46+,50-,51-/m0/s1. The molecule has 1 saturated carbocycles. The number of nitriles is 1. The van der Waals surface area contributed by atoms with E-state index in [1.54, 1.807) is 35.7 Å². The van der Waals surface area contributed by atoms with Gasteiger partial charge in [-0.05, 0) is 67.5 Å². The molecule has 4 N–H and O–H groups in total. The second-order valence-corrected chi connectivity index (χ2v) is 23.4. The van der Waals surface area contributed by atoms with E-state index in [2.05, 4.69) is 64.5 Å². The molecule has 16 nitrogen and oxygen atoms in total. The molecule has 2 aromatic heterocycles. The number of amides is 4. The Morgan fingerprint density at radius 3 is 2.26 bits per heavy atom. The third-order valence-electron chi connectivity index (χ3n) is 15.2. The number of carbonyl (C=O) groups is 4. The van der Waals surface area contributed by atoms with E-state index in [-0.39, 0.29) is 61.7 Å². The lowest BCUT2D eigenvalue weighted by atomic mass is 9.49. The number of aliphatic hydroxyl groups excluding tert-OH is 1. The van der Waals surface area contributed by atoms with E-state index >= 15 is 0 Å². The molecular formula is C54H68ClN9O7S. The van der Waals surface area contributed by atoms with Gasteiger partial charge in [-0.3, -0.25) is 24.1 Å². The Morgan fingerprint density at radius 1 is 0.972 bits per heavy atom. The van der Waals surface area contributed by atoms with Gasteiger partial charge in [-0.25, -0.2) is 9.97 Å². The normalized spacial score (nSPS) is 24.1. The van der Waals surface area contributed by atoms with E-state index in [0.29, 0.717) is 35.1 Å².